The van der Waals surface area contributed by atoms with E-state index in [0.717, 1.165) is 31.4 Å². The lowest BCUT2D eigenvalue weighted by Gasteiger charge is -2.26. The number of pyridine rings is 1. The van der Waals surface area contributed by atoms with Crippen LogP contribution in [0.3, 0.4) is 0 Å². The minimum absolute atomic E-state index is 0.289. The molecule has 0 radical (unpaired) electrons. The van der Waals surface area contributed by atoms with Crippen LogP contribution in [0.1, 0.15) is 25.7 Å². The van der Waals surface area contributed by atoms with Crippen LogP contribution >= 0.6 is 15.9 Å². The fraction of sp³-hybridized carbons (Fsp3) is 0.368. The Labute approximate surface area is 168 Å². The van der Waals surface area contributed by atoms with Crippen LogP contribution in [0.5, 0.6) is 5.75 Å². The van der Waals surface area contributed by atoms with Crippen molar-refractivity contribution in [2.24, 2.45) is 0 Å². The molecule has 1 aliphatic carbocycles. The van der Waals surface area contributed by atoms with Crippen LogP contribution < -0.4 is 10.1 Å². The zero-order valence-corrected chi connectivity index (χ0v) is 16.4. The van der Waals surface area contributed by atoms with Crippen LogP contribution in [0.4, 0.5) is 18.9 Å². The number of nitrogens with zero attached hydrogens (tertiary/aromatic N) is 3. The number of hydrogen-bond donors (Lipinski definition) is 1. The van der Waals surface area contributed by atoms with Gasteiger partial charge in [0.15, 0.2) is 11.5 Å². The number of aromatic nitrogens is 3. The van der Waals surface area contributed by atoms with E-state index in [1.807, 2.05) is 18.3 Å². The predicted octanol–water partition coefficient (Wildman–Crippen LogP) is 5.41. The zero-order chi connectivity index (χ0) is 19.7. The fourth-order valence-corrected chi connectivity index (χ4v) is 3.97. The van der Waals surface area contributed by atoms with Gasteiger partial charge in [0.05, 0.1) is 5.69 Å². The first-order chi connectivity index (χ1) is 13.4. The first kappa shape index (κ1) is 19.0. The molecule has 0 unspecified atom stereocenters. The summed E-state index contributed by atoms with van der Waals surface area (Å²) in [6.45, 7) is 0. The standard InChI is InChI=1S/C19H18BrF3N4O/c20-13-4-6-14(7-5-13)24-15-8-9-17-25-26-18(27(17)11-15)12-2-1-3-16(10-12)28-19(21,22)23/h1-3,8-11,13-14,24H,4-7H2/t13-,14+. The second-order valence-corrected chi connectivity index (χ2v) is 8.13. The number of halogens is 4. The molecule has 0 aliphatic heterocycles. The molecule has 0 amide bonds. The maximum Gasteiger partial charge on any atom is 0.573 e. The van der Waals surface area contributed by atoms with Crippen molar-refractivity contribution in [3.05, 3.63) is 42.6 Å². The first-order valence-electron chi connectivity index (χ1n) is 8.99. The zero-order valence-electron chi connectivity index (χ0n) is 14.8. The Morgan fingerprint density at radius 3 is 2.61 bits per heavy atom. The van der Waals surface area contributed by atoms with E-state index in [4.69, 9.17) is 0 Å². The highest BCUT2D eigenvalue weighted by Gasteiger charge is 2.31. The smallest absolute Gasteiger partial charge is 0.406 e. The predicted molar refractivity (Wildman–Crippen MR) is 104 cm³/mol. The molecule has 0 bridgehead atoms. The van der Waals surface area contributed by atoms with Gasteiger partial charge in [-0.3, -0.25) is 4.40 Å². The van der Waals surface area contributed by atoms with Crippen molar-refractivity contribution in [2.75, 3.05) is 5.32 Å². The van der Waals surface area contributed by atoms with E-state index in [0.29, 0.717) is 27.9 Å². The summed E-state index contributed by atoms with van der Waals surface area (Å²) < 4.78 is 43.3. The van der Waals surface area contributed by atoms with Crippen LogP contribution in [0.15, 0.2) is 42.6 Å². The first-order valence-corrected chi connectivity index (χ1v) is 9.90. The van der Waals surface area contributed by atoms with Gasteiger partial charge in [0.1, 0.15) is 5.75 Å². The SMILES string of the molecule is FC(F)(F)Oc1cccc(-c2nnc3ccc(N[C@H]4CC[C@@H](Br)CC4)cn23)c1. The van der Waals surface area contributed by atoms with Crippen molar-refractivity contribution in [2.45, 2.75) is 42.9 Å². The van der Waals surface area contributed by atoms with E-state index in [2.05, 4.69) is 36.2 Å². The molecule has 5 nitrogen and oxygen atoms in total. The van der Waals surface area contributed by atoms with Crippen molar-refractivity contribution in [3.8, 4) is 17.1 Å². The molecule has 2 heterocycles. The summed E-state index contributed by atoms with van der Waals surface area (Å²) in [6, 6.07) is 9.92. The second-order valence-electron chi connectivity index (χ2n) is 6.84. The van der Waals surface area contributed by atoms with Crippen molar-refractivity contribution in [1.82, 2.24) is 14.6 Å². The largest absolute Gasteiger partial charge is 0.573 e. The monoisotopic (exact) mass is 454 g/mol. The molecule has 0 spiro atoms. The summed E-state index contributed by atoms with van der Waals surface area (Å²) in [5.74, 6) is 0.165. The summed E-state index contributed by atoms with van der Waals surface area (Å²) in [5.41, 5.74) is 2.03. The van der Waals surface area contributed by atoms with Gasteiger partial charge in [-0.2, -0.15) is 0 Å². The molecule has 3 aromatic rings. The molecular formula is C19H18BrF3N4O. The fourth-order valence-electron chi connectivity index (χ4n) is 3.44. The third-order valence-corrected chi connectivity index (χ3v) is 5.67. The second kappa shape index (κ2) is 7.62. The van der Waals surface area contributed by atoms with Gasteiger partial charge in [-0.25, -0.2) is 0 Å². The van der Waals surface area contributed by atoms with E-state index in [1.165, 1.54) is 18.2 Å². The van der Waals surface area contributed by atoms with Crippen LogP contribution in [0, 0.1) is 0 Å². The van der Waals surface area contributed by atoms with E-state index in [9.17, 15) is 13.2 Å². The molecular weight excluding hydrogens is 437 g/mol. The Morgan fingerprint density at radius 2 is 1.86 bits per heavy atom. The summed E-state index contributed by atoms with van der Waals surface area (Å²) >= 11 is 3.66. The van der Waals surface area contributed by atoms with Crippen molar-refractivity contribution in [1.29, 1.82) is 0 Å². The highest BCUT2D eigenvalue weighted by atomic mass is 79.9. The van der Waals surface area contributed by atoms with Gasteiger partial charge < -0.3 is 10.1 Å². The maximum absolute atomic E-state index is 12.5. The lowest BCUT2D eigenvalue weighted by atomic mass is 9.95. The Kier molecular flexibility index (Phi) is 5.18. The third kappa shape index (κ3) is 4.40. The molecule has 1 fully saturated rings. The number of fused-ring (bicyclic) bond motifs is 1. The number of alkyl halides is 4. The van der Waals surface area contributed by atoms with Crippen molar-refractivity contribution in [3.63, 3.8) is 0 Å². The molecule has 1 aliphatic rings. The van der Waals surface area contributed by atoms with Crippen LogP contribution in [-0.4, -0.2) is 31.8 Å². The Balaban J connectivity index is 1.61. The number of benzene rings is 1. The van der Waals surface area contributed by atoms with Gasteiger partial charge in [0.25, 0.3) is 0 Å². The van der Waals surface area contributed by atoms with Crippen LogP contribution in [-0.2, 0) is 0 Å². The average Bonchev–Trinajstić information content (AvgIpc) is 3.06. The average molecular weight is 455 g/mol. The molecule has 4 rings (SSSR count). The van der Waals surface area contributed by atoms with E-state index >= 15 is 0 Å². The quantitative estimate of drug-likeness (QED) is 0.535. The Morgan fingerprint density at radius 1 is 1.07 bits per heavy atom. The minimum Gasteiger partial charge on any atom is -0.406 e. The van der Waals surface area contributed by atoms with Crippen LogP contribution in [0.2, 0.25) is 0 Å². The lowest BCUT2D eigenvalue weighted by molar-refractivity contribution is -0.274. The molecule has 0 saturated heterocycles. The molecule has 1 aromatic carbocycles. The molecule has 148 valence electrons. The van der Waals surface area contributed by atoms with E-state index in [1.54, 1.807) is 10.5 Å². The highest BCUT2D eigenvalue weighted by Crippen LogP contribution is 2.29. The number of rotatable bonds is 4. The summed E-state index contributed by atoms with van der Waals surface area (Å²) in [4.78, 5) is 0.587. The molecule has 2 aromatic heterocycles. The number of anilines is 1. The molecule has 0 atom stereocenters. The molecule has 1 saturated carbocycles. The number of nitrogens with one attached hydrogen (secondary N) is 1. The van der Waals surface area contributed by atoms with Crippen molar-refractivity contribution >= 4 is 27.3 Å². The van der Waals surface area contributed by atoms with Gasteiger partial charge in [0.2, 0.25) is 0 Å². The summed E-state index contributed by atoms with van der Waals surface area (Å²) in [7, 11) is 0. The number of ether oxygens (including phenoxy) is 1. The number of hydrogen-bond acceptors (Lipinski definition) is 4. The molecule has 1 N–H and O–H groups in total. The van der Waals surface area contributed by atoms with Crippen LogP contribution in [0.25, 0.3) is 17.0 Å². The highest BCUT2D eigenvalue weighted by molar-refractivity contribution is 9.09. The minimum atomic E-state index is -4.74. The lowest BCUT2D eigenvalue weighted by Crippen LogP contribution is -2.26. The van der Waals surface area contributed by atoms with Gasteiger partial charge in [-0.1, -0.05) is 28.1 Å². The normalized spacial score (nSPS) is 20.3. The topological polar surface area (TPSA) is 51.5 Å². The Hall–Kier alpha value is -2.29. The van der Waals surface area contributed by atoms with Gasteiger partial charge in [0, 0.05) is 22.6 Å². The van der Waals surface area contributed by atoms with E-state index in [-0.39, 0.29) is 5.75 Å². The molecule has 9 heteroatoms. The summed E-state index contributed by atoms with van der Waals surface area (Å²) in [5, 5.41) is 11.8. The van der Waals surface area contributed by atoms with E-state index < -0.39 is 6.36 Å². The maximum atomic E-state index is 12.5. The van der Waals surface area contributed by atoms with Gasteiger partial charge in [-0.15, -0.1) is 23.4 Å². The van der Waals surface area contributed by atoms with Gasteiger partial charge in [-0.05, 0) is 49.9 Å². The third-order valence-electron chi connectivity index (χ3n) is 4.76. The van der Waals surface area contributed by atoms with Gasteiger partial charge >= 0.3 is 6.36 Å². The molecule has 28 heavy (non-hydrogen) atoms. The summed E-state index contributed by atoms with van der Waals surface area (Å²) in [6.07, 6.45) is 1.56. The Bertz CT molecular complexity index is 967. The van der Waals surface area contributed by atoms with Crippen molar-refractivity contribution < 1.29 is 17.9 Å².